The lowest BCUT2D eigenvalue weighted by Gasteiger charge is -2.24. The van der Waals surface area contributed by atoms with Crippen molar-refractivity contribution in [3.63, 3.8) is 0 Å². The third kappa shape index (κ3) is 6.57. The monoisotopic (exact) mass is 318 g/mol. The summed E-state index contributed by atoms with van der Waals surface area (Å²) in [6.45, 7) is 6.96. The highest BCUT2D eigenvalue weighted by Crippen LogP contribution is 2.22. The van der Waals surface area contributed by atoms with E-state index in [0.717, 1.165) is 36.6 Å². The van der Waals surface area contributed by atoms with Crippen LogP contribution in [0, 0.1) is 5.92 Å². The van der Waals surface area contributed by atoms with E-state index < -0.39 is 0 Å². The molecule has 0 atom stereocenters. The van der Waals surface area contributed by atoms with Crippen LogP contribution < -0.4 is 5.73 Å². The molecule has 0 bridgehead atoms. The highest BCUT2D eigenvalue weighted by atomic mass is 35.5. The Hall–Kier alpha value is -0.350. The SMILES string of the molecule is CC(C)CN(CCC(N)=S)Cc1cc(Cl)ccc1Cl. The molecule has 0 aliphatic heterocycles. The fourth-order valence-corrected chi connectivity index (χ4v) is 2.39. The van der Waals surface area contributed by atoms with Gasteiger partial charge in [-0.2, -0.15) is 0 Å². The summed E-state index contributed by atoms with van der Waals surface area (Å²) in [5.41, 5.74) is 6.62. The van der Waals surface area contributed by atoms with Crippen molar-refractivity contribution in [2.24, 2.45) is 11.7 Å². The highest BCUT2D eigenvalue weighted by Gasteiger charge is 2.11. The van der Waals surface area contributed by atoms with E-state index in [9.17, 15) is 0 Å². The van der Waals surface area contributed by atoms with Crippen molar-refractivity contribution < 1.29 is 0 Å². The molecule has 1 rings (SSSR count). The number of hydrogen-bond donors (Lipinski definition) is 1. The van der Waals surface area contributed by atoms with Gasteiger partial charge in [-0.15, -0.1) is 0 Å². The van der Waals surface area contributed by atoms with Crippen LogP contribution in [0.5, 0.6) is 0 Å². The maximum Gasteiger partial charge on any atom is 0.0740 e. The van der Waals surface area contributed by atoms with Crippen molar-refractivity contribution in [3.8, 4) is 0 Å². The molecule has 0 aromatic heterocycles. The maximum atomic E-state index is 6.20. The van der Waals surface area contributed by atoms with Gasteiger partial charge in [-0.25, -0.2) is 0 Å². The van der Waals surface area contributed by atoms with E-state index in [0.29, 0.717) is 15.9 Å². The van der Waals surface area contributed by atoms with Gasteiger partial charge in [0.1, 0.15) is 0 Å². The quantitative estimate of drug-likeness (QED) is 0.766. The first kappa shape index (κ1) is 16.7. The van der Waals surface area contributed by atoms with Crippen molar-refractivity contribution in [3.05, 3.63) is 33.8 Å². The second-order valence-electron chi connectivity index (χ2n) is 5.08. The second kappa shape index (κ2) is 8.05. The molecule has 0 fully saturated rings. The van der Waals surface area contributed by atoms with Crippen molar-refractivity contribution in [2.45, 2.75) is 26.8 Å². The van der Waals surface area contributed by atoms with Crippen LogP contribution in [0.15, 0.2) is 18.2 Å². The number of halogens is 2. The van der Waals surface area contributed by atoms with Gasteiger partial charge in [-0.3, -0.25) is 4.90 Å². The number of nitrogens with zero attached hydrogens (tertiary/aromatic N) is 1. The van der Waals surface area contributed by atoms with Crippen molar-refractivity contribution in [1.82, 2.24) is 4.90 Å². The van der Waals surface area contributed by atoms with Crippen LogP contribution in [0.25, 0.3) is 0 Å². The predicted molar refractivity (Wildman–Crippen MR) is 88.0 cm³/mol. The van der Waals surface area contributed by atoms with Gasteiger partial charge >= 0.3 is 0 Å². The van der Waals surface area contributed by atoms with Gasteiger partial charge in [-0.1, -0.05) is 49.3 Å². The zero-order valence-electron chi connectivity index (χ0n) is 11.3. The molecule has 0 amide bonds. The van der Waals surface area contributed by atoms with Crippen LogP contribution in [-0.4, -0.2) is 23.0 Å². The van der Waals surface area contributed by atoms with E-state index in [4.69, 9.17) is 41.2 Å². The Morgan fingerprint density at radius 3 is 2.63 bits per heavy atom. The molecule has 0 unspecified atom stereocenters. The average molecular weight is 319 g/mol. The molecule has 0 saturated heterocycles. The van der Waals surface area contributed by atoms with Gasteiger partial charge in [0.15, 0.2) is 0 Å². The van der Waals surface area contributed by atoms with Gasteiger partial charge in [0.05, 0.1) is 4.99 Å². The van der Waals surface area contributed by atoms with Crippen LogP contribution >= 0.6 is 35.4 Å². The normalized spacial score (nSPS) is 11.3. The Labute approximate surface area is 130 Å². The highest BCUT2D eigenvalue weighted by molar-refractivity contribution is 7.80. The molecule has 0 aliphatic rings. The minimum Gasteiger partial charge on any atom is -0.393 e. The van der Waals surface area contributed by atoms with E-state index in [2.05, 4.69) is 18.7 Å². The number of hydrogen-bond acceptors (Lipinski definition) is 2. The lowest BCUT2D eigenvalue weighted by Crippen LogP contribution is -2.30. The molecule has 0 saturated carbocycles. The Balaban J connectivity index is 2.74. The molecule has 0 spiro atoms. The lowest BCUT2D eigenvalue weighted by molar-refractivity contribution is 0.243. The first-order valence-electron chi connectivity index (χ1n) is 6.33. The standard InChI is InChI=1S/C14H20Cl2N2S/c1-10(2)8-18(6-5-14(17)19)9-11-7-12(15)3-4-13(11)16/h3-4,7,10H,5-6,8-9H2,1-2H3,(H2,17,19). The average Bonchev–Trinajstić information content (AvgIpc) is 2.30. The Kier molecular flexibility index (Phi) is 7.08. The molecule has 0 heterocycles. The molecule has 19 heavy (non-hydrogen) atoms. The number of benzene rings is 1. The summed E-state index contributed by atoms with van der Waals surface area (Å²) in [6, 6.07) is 5.55. The molecular formula is C14H20Cl2N2S. The molecule has 106 valence electrons. The summed E-state index contributed by atoms with van der Waals surface area (Å²) in [5, 5.41) is 1.45. The van der Waals surface area contributed by atoms with E-state index in [1.807, 2.05) is 12.1 Å². The zero-order chi connectivity index (χ0) is 14.4. The van der Waals surface area contributed by atoms with Gasteiger partial charge in [-0.05, 0) is 29.7 Å². The van der Waals surface area contributed by atoms with Gasteiger partial charge < -0.3 is 5.73 Å². The Bertz CT molecular complexity index is 435. The van der Waals surface area contributed by atoms with Gasteiger partial charge in [0.25, 0.3) is 0 Å². The second-order valence-corrected chi connectivity index (χ2v) is 6.45. The Morgan fingerprint density at radius 1 is 1.37 bits per heavy atom. The summed E-state index contributed by atoms with van der Waals surface area (Å²) in [4.78, 5) is 2.85. The molecule has 0 aliphatic carbocycles. The topological polar surface area (TPSA) is 29.3 Å². The smallest absolute Gasteiger partial charge is 0.0740 e. The molecule has 5 heteroatoms. The summed E-state index contributed by atoms with van der Waals surface area (Å²) in [7, 11) is 0. The number of nitrogens with two attached hydrogens (primary N) is 1. The van der Waals surface area contributed by atoms with Gasteiger partial charge in [0.2, 0.25) is 0 Å². The van der Waals surface area contributed by atoms with Crippen LogP contribution in [0.1, 0.15) is 25.8 Å². The van der Waals surface area contributed by atoms with E-state index in [-0.39, 0.29) is 0 Å². The molecule has 0 radical (unpaired) electrons. The van der Waals surface area contributed by atoms with Crippen LogP contribution in [0.4, 0.5) is 0 Å². The summed E-state index contributed by atoms with van der Waals surface area (Å²) < 4.78 is 0. The fraction of sp³-hybridized carbons (Fsp3) is 0.500. The molecule has 1 aromatic rings. The third-order valence-electron chi connectivity index (χ3n) is 2.70. The molecular weight excluding hydrogens is 299 g/mol. The fourth-order valence-electron chi connectivity index (χ4n) is 1.92. The van der Waals surface area contributed by atoms with E-state index in [1.54, 1.807) is 6.07 Å². The first-order chi connectivity index (χ1) is 8.88. The molecule has 1 aromatic carbocycles. The van der Waals surface area contributed by atoms with Crippen LogP contribution in [-0.2, 0) is 6.54 Å². The van der Waals surface area contributed by atoms with E-state index >= 15 is 0 Å². The molecule has 2 N–H and O–H groups in total. The number of rotatable bonds is 7. The Morgan fingerprint density at radius 2 is 2.05 bits per heavy atom. The lowest BCUT2D eigenvalue weighted by atomic mass is 10.1. The maximum absolute atomic E-state index is 6.20. The third-order valence-corrected chi connectivity index (χ3v) is 3.51. The van der Waals surface area contributed by atoms with E-state index in [1.165, 1.54) is 0 Å². The predicted octanol–water partition coefficient (Wildman–Crippen LogP) is 4.13. The summed E-state index contributed by atoms with van der Waals surface area (Å²) in [6.07, 6.45) is 0.722. The minimum absolute atomic E-state index is 0.547. The first-order valence-corrected chi connectivity index (χ1v) is 7.49. The van der Waals surface area contributed by atoms with Crippen LogP contribution in [0.3, 0.4) is 0 Å². The van der Waals surface area contributed by atoms with Crippen LogP contribution in [0.2, 0.25) is 10.0 Å². The largest absolute Gasteiger partial charge is 0.393 e. The van der Waals surface area contributed by atoms with Crippen molar-refractivity contribution in [2.75, 3.05) is 13.1 Å². The van der Waals surface area contributed by atoms with Gasteiger partial charge in [0, 0.05) is 36.1 Å². The number of thiocarbonyl (C=S) groups is 1. The summed E-state index contributed by atoms with van der Waals surface area (Å²) >= 11 is 17.2. The summed E-state index contributed by atoms with van der Waals surface area (Å²) in [5.74, 6) is 0.573. The minimum atomic E-state index is 0.547. The van der Waals surface area contributed by atoms with Crippen molar-refractivity contribution in [1.29, 1.82) is 0 Å². The van der Waals surface area contributed by atoms with Crippen molar-refractivity contribution >= 4 is 40.4 Å². The zero-order valence-corrected chi connectivity index (χ0v) is 13.7. The molecule has 2 nitrogen and oxygen atoms in total.